The van der Waals surface area contributed by atoms with Gasteiger partial charge >= 0.3 is 0 Å². The molecule has 0 radical (unpaired) electrons. The van der Waals surface area contributed by atoms with E-state index >= 15 is 0 Å². The van der Waals surface area contributed by atoms with E-state index in [4.69, 9.17) is 15.3 Å². The van der Waals surface area contributed by atoms with Crippen molar-refractivity contribution in [2.24, 2.45) is 0 Å². The van der Waals surface area contributed by atoms with Crippen molar-refractivity contribution in [3.05, 3.63) is 0 Å². The fourth-order valence-electron chi connectivity index (χ4n) is 0.697. The lowest BCUT2D eigenvalue weighted by molar-refractivity contribution is 0.283. The van der Waals surface area contributed by atoms with Gasteiger partial charge in [-0.15, -0.1) is 0 Å². The van der Waals surface area contributed by atoms with Gasteiger partial charge in [-0.1, -0.05) is 39.5 Å². The van der Waals surface area contributed by atoms with Crippen molar-refractivity contribution >= 4 is 0 Å². The Morgan fingerprint density at radius 1 is 0.600 bits per heavy atom. The number of hydrogen-bond donors (Lipinski definition) is 3. The Balaban J connectivity index is -0.000000158. The third-order valence-corrected chi connectivity index (χ3v) is 1.52. The molecular weight excluding hydrogens is 192 g/mol. The van der Waals surface area contributed by atoms with Gasteiger partial charge in [0.05, 0.1) is 0 Å². The third kappa shape index (κ3) is 56.7. The molecule has 0 aromatic rings. The summed E-state index contributed by atoms with van der Waals surface area (Å²) in [4.78, 5) is 0. The van der Waals surface area contributed by atoms with Gasteiger partial charge < -0.3 is 15.3 Å². The van der Waals surface area contributed by atoms with Crippen LogP contribution in [0.5, 0.6) is 0 Å². The average Bonchev–Trinajstić information content (AvgIpc) is 2.22. The van der Waals surface area contributed by atoms with E-state index in [1.165, 1.54) is 19.3 Å². The Morgan fingerprint density at radius 3 is 1.20 bits per heavy atom. The van der Waals surface area contributed by atoms with Crippen LogP contribution in [0.25, 0.3) is 0 Å². The van der Waals surface area contributed by atoms with E-state index in [1.807, 2.05) is 0 Å². The molecule has 0 heterocycles. The summed E-state index contributed by atoms with van der Waals surface area (Å²) in [7, 11) is 0. The summed E-state index contributed by atoms with van der Waals surface area (Å²) in [6.45, 7) is 6.85. The number of hydrogen-bond acceptors (Lipinski definition) is 3. The van der Waals surface area contributed by atoms with Gasteiger partial charge in [0.15, 0.2) is 0 Å². The minimum absolute atomic E-state index is 0.250. The smallest absolute Gasteiger partial charge is 0.0431 e. The van der Waals surface area contributed by atoms with Crippen LogP contribution in [0, 0.1) is 0 Å². The first-order valence-electron chi connectivity index (χ1n) is 6.07. The molecule has 0 aliphatic rings. The molecule has 0 saturated heterocycles. The summed E-state index contributed by atoms with van der Waals surface area (Å²) in [6, 6.07) is 0. The summed E-state index contributed by atoms with van der Waals surface area (Å²) in [5, 5.41) is 23.9. The van der Waals surface area contributed by atoms with Crippen molar-refractivity contribution in [2.45, 2.75) is 59.3 Å². The molecule has 0 aliphatic heterocycles. The van der Waals surface area contributed by atoms with Crippen molar-refractivity contribution in [3.8, 4) is 0 Å². The Bertz CT molecular complexity index is 61.9. The monoisotopic (exact) mass is 222 g/mol. The van der Waals surface area contributed by atoms with Gasteiger partial charge in [-0.05, 0) is 19.8 Å². The van der Waals surface area contributed by atoms with Gasteiger partial charge in [0.1, 0.15) is 0 Å². The minimum atomic E-state index is 0.250. The van der Waals surface area contributed by atoms with Gasteiger partial charge in [0, 0.05) is 19.8 Å². The highest BCUT2D eigenvalue weighted by molar-refractivity contribution is 4.35. The van der Waals surface area contributed by atoms with E-state index in [-0.39, 0.29) is 6.61 Å². The van der Waals surface area contributed by atoms with Gasteiger partial charge in [0.25, 0.3) is 0 Å². The summed E-state index contributed by atoms with van der Waals surface area (Å²) in [5.74, 6) is 0. The fraction of sp³-hybridized carbons (Fsp3) is 1.00. The molecule has 0 saturated carbocycles. The zero-order valence-corrected chi connectivity index (χ0v) is 10.7. The zero-order chi connectivity index (χ0) is 12.4. The second kappa shape index (κ2) is 29.2. The maximum absolute atomic E-state index is 8.29. The SMILES string of the molecule is CCCCCCO.CCCCO.CCO. The van der Waals surface area contributed by atoms with Crippen molar-refractivity contribution < 1.29 is 15.3 Å². The van der Waals surface area contributed by atoms with E-state index in [2.05, 4.69) is 13.8 Å². The maximum Gasteiger partial charge on any atom is 0.0431 e. The van der Waals surface area contributed by atoms with Crippen LogP contribution in [0.3, 0.4) is 0 Å². The van der Waals surface area contributed by atoms with Crippen LogP contribution in [-0.2, 0) is 0 Å². The molecule has 0 amide bonds. The molecule has 0 fully saturated rings. The van der Waals surface area contributed by atoms with E-state index in [0.717, 1.165) is 19.3 Å². The first kappa shape index (κ1) is 20.3. The molecule has 0 spiro atoms. The molecule has 0 aromatic heterocycles. The van der Waals surface area contributed by atoms with Crippen LogP contribution in [0.15, 0.2) is 0 Å². The first-order chi connectivity index (χ1) is 7.24. The quantitative estimate of drug-likeness (QED) is 0.604. The summed E-state index contributed by atoms with van der Waals surface area (Å²) >= 11 is 0. The molecule has 0 unspecified atom stereocenters. The van der Waals surface area contributed by atoms with E-state index in [9.17, 15) is 0 Å². The molecule has 3 nitrogen and oxygen atoms in total. The molecule has 3 heteroatoms. The topological polar surface area (TPSA) is 60.7 Å². The second-order valence-corrected chi connectivity index (χ2v) is 3.18. The van der Waals surface area contributed by atoms with Gasteiger partial charge in [-0.25, -0.2) is 0 Å². The molecule has 0 bridgehead atoms. The zero-order valence-electron chi connectivity index (χ0n) is 10.7. The van der Waals surface area contributed by atoms with E-state index in [0.29, 0.717) is 13.2 Å². The standard InChI is InChI=1S/C6H14O.C4H10O.C2H6O/c1-2-3-4-5-6-7;1-2-3-4-5;1-2-3/h7H,2-6H2,1H3;5H,2-4H2,1H3;3H,2H2,1H3. The molecule has 0 rings (SSSR count). The summed E-state index contributed by atoms with van der Waals surface area (Å²) < 4.78 is 0. The van der Waals surface area contributed by atoms with Crippen molar-refractivity contribution in [2.75, 3.05) is 19.8 Å². The highest BCUT2D eigenvalue weighted by Crippen LogP contribution is 1.96. The lowest BCUT2D eigenvalue weighted by Crippen LogP contribution is -1.80. The number of rotatable bonds is 6. The predicted octanol–water partition coefficient (Wildman–Crippen LogP) is 2.34. The minimum Gasteiger partial charge on any atom is -0.397 e. The molecule has 0 aromatic carbocycles. The molecule has 3 N–H and O–H groups in total. The Kier molecular flexibility index (Phi) is 39.5. The number of aliphatic hydroxyl groups excluding tert-OH is 3. The molecule has 0 atom stereocenters. The molecular formula is C12H30O3. The van der Waals surface area contributed by atoms with Gasteiger partial charge in [0.2, 0.25) is 0 Å². The van der Waals surface area contributed by atoms with Gasteiger partial charge in [-0.3, -0.25) is 0 Å². The van der Waals surface area contributed by atoms with Crippen LogP contribution in [-0.4, -0.2) is 35.1 Å². The van der Waals surface area contributed by atoms with Crippen molar-refractivity contribution in [1.82, 2.24) is 0 Å². The summed E-state index contributed by atoms with van der Waals surface area (Å²) in [5.41, 5.74) is 0. The van der Waals surface area contributed by atoms with Crippen LogP contribution in [0.1, 0.15) is 59.3 Å². The average molecular weight is 222 g/mol. The van der Waals surface area contributed by atoms with Crippen LogP contribution >= 0.6 is 0 Å². The number of unbranched alkanes of at least 4 members (excludes halogenated alkanes) is 4. The van der Waals surface area contributed by atoms with Gasteiger partial charge in [-0.2, -0.15) is 0 Å². The van der Waals surface area contributed by atoms with Crippen molar-refractivity contribution in [3.63, 3.8) is 0 Å². The van der Waals surface area contributed by atoms with Crippen LogP contribution < -0.4 is 0 Å². The highest BCUT2D eigenvalue weighted by atomic mass is 16.3. The second-order valence-electron chi connectivity index (χ2n) is 3.18. The molecule has 96 valence electrons. The lowest BCUT2D eigenvalue weighted by Gasteiger charge is -1.90. The fourth-order valence-corrected chi connectivity index (χ4v) is 0.697. The van der Waals surface area contributed by atoms with Crippen LogP contribution in [0.2, 0.25) is 0 Å². The largest absolute Gasteiger partial charge is 0.397 e. The van der Waals surface area contributed by atoms with Crippen LogP contribution in [0.4, 0.5) is 0 Å². The van der Waals surface area contributed by atoms with Crippen molar-refractivity contribution in [1.29, 1.82) is 0 Å². The Labute approximate surface area is 95.1 Å². The highest BCUT2D eigenvalue weighted by Gasteiger charge is 1.80. The lowest BCUT2D eigenvalue weighted by atomic mass is 10.2. The van der Waals surface area contributed by atoms with E-state index < -0.39 is 0 Å². The molecule has 0 aliphatic carbocycles. The summed E-state index contributed by atoms with van der Waals surface area (Å²) in [6.07, 6.45) is 6.72. The predicted molar refractivity (Wildman–Crippen MR) is 66.0 cm³/mol. The van der Waals surface area contributed by atoms with E-state index in [1.54, 1.807) is 6.92 Å². The first-order valence-corrected chi connectivity index (χ1v) is 6.07. The third-order valence-electron chi connectivity index (χ3n) is 1.52. The Hall–Kier alpha value is -0.120. The Morgan fingerprint density at radius 2 is 1.00 bits per heavy atom. The normalized spacial score (nSPS) is 8.40. The maximum atomic E-state index is 8.29. The number of aliphatic hydroxyl groups is 3. The molecule has 15 heavy (non-hydrogen) atoms.